The zero-order valence-corrected chi connectivity index (χ0v) is 12.7. The number of aliphatic hydroxyl groups is 1. The van der Waals surface area contributed by atoms with Crippen LogP contribution in [-0.4, -0.2) is 16.6 Å². The quantitative estimate of drug-likeness (QED) is 0.867. The van der Waals surface area contributed by atoms with Crippen LogP contribution in [0.4, 0.5) is 0 Å². The molecule has 94 valence electrons. The Kier molecular flexibility index (Phi) is 4.23. The lowest BCUT2D eigenvalue weighted by molar-refractivity contribution is 0.0293. The van der Waals surface area contributed by atoms with Crippen LogP contribution >= 0.6 is 31.9 Å². The molecule has 1 aliphatic carbocycles. The molecule has 0 bridgehead atoms. The molecule has 1 heterocycles. The number of pyridine rings is 1. The smallest absolute Gasteiger partial charge is 0.104 e. The van der Waals surface area contributed by atoms with Crippen molar-refractivity contribution in [1.29, 1.82) is 0 Å². The van der Waals surface area contributed by atoms with E-state index in [1.54, 1.807) is 6.20 Å². The maximum absolute atomic E-state index is 10.6. The molecule has 3 nitrogen and oxygen atoms in total. The third-order valence-corrected chi connectivity index (χ3v) is 4.75. The SMILES string of the molecule is NCC1(C(O)c2ncc(Br)cc2Br)CCCC1. The minimum absolute atomic E-state index is 0.191. The van der Waals surface area contributed by atoms with Gasteiger partial charge in [0.2, 0.25) is 0 Å². The lowest BCUT2D eigenvalue weighted by atomic mass is 9.79. The van der Waals surface area contributed by atoms with E-state index >= 15 is 0 Å². The molecule has 0 radical (unpaired) electrons. The maximum Gasteiger partial charge on any atom is 0.104 e. The van der Waals surface area contributed by atoms with E-state index in [0.29, 0.717) is 12.2 Å². The molecule has 1 aromatic rings. The van der Waals surface area contributed by atoms with Crippen molar-refractivity contribution in [2.24, 2.45) is 11.1 Å². The Labute approximate surface area is 118 Å². The van der Waals surface area contributed by atoms with Crippen molar-refractivity contribution < 1.29 is 5.11 Å². The van der Waals surface area contributed by atoms with E-state index in [-0.39, 0.29) is 5.41 Å². The molecular weight excluding hydrogens is 348 g/mol. The van der Waals surface area contributed by atoms with Crippen molar-refractivity contribution >= 4 is 31.9 Å². The summed E-state index contributed by atoms with van der Waals surface area (Å²) in [5, 5.41) is 10.6. The van der Waals surface area contributed by atoms with E-state index in [1.165, 1.54) is 0 Å². The van der Waals surface area contributed by atoms with Crippen LogP contribution in [0.2, 0.25) is 0 Å². The van der Waals surface area contributed by atoms with Gasteiger partial charge in [-0.05, 0) is 50.8 Å². The van der Waals surface area contributed by atoms with Gasteiger partial charge in [-0.1, -0.05) is 12.8 Å². The van der Waals surface area contributed by atoms with Gasteiger partial charge in [0.05, 0.1) is 5.69 Å². The summed E-state index contributed by atoms with van der Waals surface area (Å²) in [4.78, 5) is 4.32. The highest BCUT2D eigenvalue weighted by Crippen LogP contribution is 2.47. The number of hydrogen-bond donors (Lipinski definition) is 2. The van der Waals surface area contributed by atoms with E-state index in [1.807, 2.05) is 6.07 Å². The second-order valence-corrected chi connectivity index (χ2v) is 6.47. The van der Waals surface area contributed by atoms with Crippen LogP contribution < -0.4 is 5.73 Å². The molecule has 3 N–H and O–H groups in total. The number of halogens is 2. The van der Waals surface area contributed by atoms with Gasteiger partial charge in [0.1, 0.15) is 6.10 Å². The van der Waals surface area contributed by atoms with E-state index in [4.69, 9.17) is 5.73 Å². The number of rotatable bonds is 3. The monoisotopic (exact) mass is 362 g/mol. The molecule has 5 heteroatoms. The van der Waals surface area contributed by atoms with Crippen LogP contribution in [0.3, 0.4) is 0 Å². The summed E-state index contributed by atoms with van der Waals surface area (Å²) in [7, 11) is 0. The Balaban J connectivity index is 2.32. The average Bonchev–Trinajstić information content (AvgIpc) is 2.78. The average molecular weight is 364 g/mol. The molecule has 1 aromatic heterocycles. The summed E-state index contributed by atoms with van der Waals surface area (Å²) in [5.41, 5.74) is 6.38. The van der Waals surface area contributed by atoms with E-state index in [2.05, 4.69) is 36.8 Å². The first-order valence-electron chi connectivity index (χ1n) is 5.78. The van der Waals surface area contributed by atoms with Gasteiger partial charge in [-0.3, -0.25) is 4.98 Å². The zero-order chi connectivity index (χ0) is 12.5. The molecule has 0 spiro atoms. The van der Waals surface area contributed by atoms with Gasteiger partial charge in [-0.15, -0.1) is 0 Å². The molecule has 17 heavy (non-hydrogen) atoms. The number of nitrogens with two attached hydrogens (primary N) is 1. The fraction of sp³-hybridized carbons (Fsp3) is 0.583. The largest absolute Gasteiger partial charge is 0.386 e. The first kappa shape index (κ1) is 13.5. The van der Waals surface area contributed by atoms with Gasteiger partial charge in [-0.25, -0.2) is 0 Å². The number of hydrogen-bond acceptors (Lipinski definition) is 3. The summed E-state index contributed by atoms with van der Waals surface area (Å²) >= 11 is 6.82. The molecule has 2 rings (SSSR count). The van der Waals surface area contributed by atoms with Crippen LogP contribution in [0.5, 0.6) is 0 Å². The molecule has 0 amide bonds. The fourth-order valence-corrected chi connectivity index (χ4v) is 3.79. The minimum Gasteiger partial charge on any atom is -0.386 e. The lowest BCUT2D eigenvalue weighted by Gasteiger charge is -2.33. The van der Waals surface area contributed by atoms with Crippen LogP contribution in [-0.2, 0) is 0 Å². The van der Waals surface area contributed by atoms with Gasteiger partial charge >= 0.3 is 0 Å². The van der Waals surface area contributed by atoms with Gasteiger partial charge in [0, 0.05) is 27.1 Å². The molecule has 1 atom stereocenters. The predicted molar refractivity (Wildman–Crippen MR) is 74.6 cm³/mol. The summed E-state index contributed by atoms with van der Waals surface area (Å²) in [6.45, 7) is 0.512. The van der Waals surface area contributed by atoms with E-state index in [9.17, 15) is 5.11 Å². The van der Waals surface area contributed by atoms with Crippen LogP contribution in [0.1, 0.15) is 37.5 Å². The number of aromatic nitrogens is 1. The predicted octanol–water partition coefficient (Wildman–Crippen LogP) is 3.16. The standard InChI is InChI=1S/C12H16Br2N2O/c13-8-5-9(14)10(16-6-8)11(17)12(7-15)3-1-2-4-12/h5-6,11,17H,1-4,7,15H2. The maximum atomic E-state index is 10.6. The first-order chi connectivity index (χ1) is 8.09. The molecular formula is C12H16Br2N2O. The molecule has 1 aliphatic rings. The first-order valence-corrected chi connectivity index (χ1v) is 7.37. The Morgan fingerprint density at radius 3 is 2.59 bits per heavy atom. The number of aliphatic hydroxyl groups excluding tert-OH is 1. The normalized spacial score (nSPS) is 20.5. The Morgan fingerprint density at radius 2 is 2.06 bits per heavy atom. The minimum atomic E-state index is -0.586. The van der Waals surface area contributed by atoms with Gasteiger partial charge in [0.15, 0.2) is 0 Å². The van der Waals surface area contributed by atoms with Crippen molar-refractivity contribution in [1.82, 2.24) is 4.98 Å². The second-order valence-electron chi connectivity index (χ2n) is 4.70. The van der Waals surface area contributed by atoms with Crippen molar-refractivity contribution in [3.8, 4) is 0 Å². The molecule has 1 unspecified atom stereocenters. The molecule has 1 fully saturated rings. The van der Waals surface area contributed by atoms with Crippen molar-refractivity contribution in [2.75, 3.05) is 6.54 Å². The highest BCUT2D eigenvalue weighted by molar-refractivity contribution is 9.11. The Hall–Kier alpha value is 0.0300. The molecule has 1 saturated carbocycles. The van der Waals surface area contributed by atoms with E-state index < -0.39 is 6.10 Å². The summed E-state index contributed by atoms with van der Waals surface area (Å²) in [6, 6.07) is 1.91. The highest BCUT2D eigenvalue weighted by Gasteiger charge is 2.41. The Bertz CT molecular complexity index is 405. The zero-order valence-electron chi connectivity index (χ0n) is 9.50. The fourth-order valence-electron chi connectivity index (χ4n) is 2.58. The van der Waals surface area contributed by atoms with Crippen molar-refractivity contribution in [3.63, 3.8) is 0 Å². The Morgan fingerprint density at radius 1 is 1.41 bits per heavy atom. The second kappa shape index (κ2) is 5.34. The molecule has 0 aliphatic heterocycles. The third kappa shape index (κ3) is 2.57. The van der Waals surface area contributed by atoms with Crippen molar-refractivity contribution in [2.45, 2.75) is 31.8 Å². The van der Waals surface area contributed by atoms with Gasteiger partial charge in [0.25, 0.3) is 0 Å². The topological polar surface area (TPSA) is 59.1 Å². The van der Waals surface area contributed by atoms with Crippen LogP contribution in [0.25, 0.3) is 0 Å². The number of nitrogens with zero attached hydrogens (tertiary/aromatic N) is 1. The highest BCUT2D eigenvalue weighted by atomic mass is 79.9. The van der Waals surface area contributed by atoms with Crippen molar-refractivity contribution in [3.05, 3.63) is 26.9 Å². The van der Waals surface area contributed by atoms with Crippen LogP contribution in [0.15, 0.2) is 21.2 Å². The van der Waals surface area contributed by atoms with Gasteiger partial charge in [-0.2, -0.15) is 0 Å². The summed E-state index contributed by atoms with van der Waals surface area (Å²) < 4.78 is 1.73. The van der Waals surface area contributed by atoms with Crippen LogP contribution in [0, 0.1) is 5.41 Å². The molecule has 0 saturated heterocycles. The van der Waals surface area contributed by atoms with E-state index in [0.717, 1.165) is 34.6 Å². The lowest BCUT2D eigenvalue weighted by Crippen LogP contribution is -2.34. The summed E-state index contributed by atoms with van der Waals surface area (Å²) in [6.07, 6.45) is 5.37. The summed E-state index contributed by atoms with van der Waals surface area (Å²) in [5.74, 6) is 0. The molecule has 0 aromatic carbocycles. The van der Waals surface area contributed by atoms with Gasteiger partial charge < -0.3 is 10.8 Å². The third-order valence-electron chi connectivity index (χ3n) is 3.68.